The van der Waals surface area contributed by atoms with Crippen LogP contribution in [0.25, 0.3) is 10.1 Å². The lowest BCUT2D eigenvalue weighted by Gasteiger charge is -2.46. The molecule has 1 unspecified atom stereocenters. The van der Waals surface area contributed by atoms with Crippen LogP contribution in [0.5, 0.6) is 0 Å². The fourth-order valence-corrected chi connectivity index (χ4v) is 4.15. The molecule has 1 aromatic carbocycles. The molecule has 1 heterocycles. The third-order valence-corrected chi connectivity index (χ3v) is 5.37. The van der Waals surface area contributed by atoms with Gasteiger partial charge in [0.15, 0.2) is 0 Å². The van der Waals surface area contributed by atoms with Crippen LogP contribution in [0.4, 0.5) is 0 Å². The standard InChI is InChI=1S/C15H20N2S/c1-17-10-15(7-4-8-15)14(16)12-9-18-13-6-3-2-5-11(12)13/h2-3,5-6,9,14,17H,4,7-8,10,16H2,1H3. The van der Waals surface area contributed by atoms with Gasteiger partial charge in [0, 0.05) is 22.7 Å². The molecule has 2 aromatic rings. The maximum atomic E-state index is 6.60. The molecule has 0 saturated heterocycles. The Morgan fingerprint density at radius 3 is 2.83 bits per heavy atom. The van der Waals surface area contributed by atoms with E-state index < -0.39 is 0 Å². The average Bonchev–Trinajstić information content (AvgIpc) is 2.76. The molecule has 18 heavy (non-hydrogen) atoms. The van der Waals surface area contributed by atoms with E-state index in [0.29, 0.717) is 0 Å². The molecule has 1 aromatic heterocycles. The van der Waals surface area contributed by atoms with Gasteiger partial charge in [-0.15, -0.1) is 11.3 Å². The van der Waals surface area contributed by atoms with Gasteiger partial charge in [-0.05, 0) is 42.3 Å². The Hall–Kier alpha value is -0.900. The third-order valence-electron chi connectivity index (χ3n) is 4.38. The summed E-state index contributed by atoms with van der Waals surface area (Å²) < 4.78 is 1.35. The molecule has 0 aliphatic heterocycles. The van der Waals surface area contributed by atoms with Crippen LogP contribution in [0.3, 0.4) is 0 Å². The second-order valence-corrected chi connectivity index (χ2v) is 6.32. The average molecular weight is 260 g/mol. The van der Waals surface area contributed by atoms with Gasteiger partial charge < -0.3 is 11.1 Å². The maximum Gasteiger partial charge on any atom is 0.0378 e. The number of fused-ring (bicyclic) bond motifs is 1. The molecule has 1 fully saturated rings. The highest BCUT2D eigenvalue weighted by molar-refractivity contribution is 7.17. The Bertz CT molecular complexity index is 542. The number of benzene rings is 1. The number of nitrogens with one attached hydrogen (secondary N) is 1. The summed E-state index contributed by atoms with van der Waals surface area (Å²) in [4.78, 5) is 0. The molecular weight excluding hydrogens is 240 g/mol. The topological polar surface area (TPSA) is 38.0 Å². The largest absolute Gasteiger partial charge is 0.323 e. The Balaban J connectivity index is 1.98. The molecule has 1 aliphatic carbocycles. The smallest absolute Gasteiger partial charge is 0.0378 e. The van der Waals surface area contributed by atoms with Crippen LogP contribution in [-0.4, -0.2) is 13.6 Å². The van der Waals surface area contributed by atoms with E-state index in [1.807, 2.05) is 18.4 Å². The summed E-state index contributed by atoms with van der Waals surface area (Å²) in [7, 11) is 2.03. The summed E-state index contributed by atoms with van der Waals surface area (Å²) >= 11 is 1.81. The predicted molar refractivity (Wildman–Crippen MR) is 79.0 cm³/mol. The molecule has 1 aliphatic rings. The van der Waals surface area contributed by atoms with Gasteiger partial charge in [-0.3, -0.25) is 0 Å². The molecule has 3 heteroatoms. The maximum absolute atomic E-state index is 6.60. The molecule has 1 saturated carbocycles. The molecule has 3 rings (SSSR count). The van der Waals surface area contributed by atoms with Crippen LogP contribution >= 0.6 is 11.3 Å². The van der Waals surface area contributed by atoms with E-state index in [0.717, 1.165) is 6.54 Å². The Labute approximate surface area is 112 Å². The van der Waals surface area contributed by atoms with Crippen LogP contribution in [0.1, 0.15) is 30.9 Å². The minimum atomic E-state index is 0.162. The highest BCUT2D eigenvalue weighted by Crippen LogP contribution is 2.50. The summed E-state index contributed by atoms with van der Waals surface area (Å²) in [5, 5.41) is 6.92. The van der Waals surface area contributed by atoms with Gasteiger partial charge in [0.1, 0.15) is 0 Å². The second-order valence-electron chi connectivity index (χ2n) is 5.41. The van der Waals surface area contributed by atoms with Crippen molar-refractivity contribution in [2.75, 3.05) is 13.6 Å². The zero-order chi connectivity index (χ0) is 12.6. The van der Waals surface area contributed by atoms with Gasteiger partial charge in [-0.2, -0.15) is 0 Å². The van der Waals surface area contributed by atoms with Crippen molar-refractivity contribution in [2.24, 2.45) is 11.1 Å². The number of rotatable bonds is 4. The molecule has 3 N–H and O–H groups in total. The van der Waals surface area contributed by atoms with E-state index in [9.17, 15) is 0 Å². The Kier molecular flexibility index (Phi) is 3.14. The molecule has 0 radical (unpaired) electrons. The summed E-state index contributed by atoms with van der Waals surface area (Å²) in [5.41, 5.74) is 8.21. The monoisotopic (exact) mass is 260 g/mol. The fraction of sp³-hybridized carbons (Fsp3) is 0.467. The first kappa shape index (κ1) is 12.2. The summed E-state index contributed by atoms with van der Waals surface area (Å²) in [6.45, 7) is 1.03. The van der Waals surface area contributed by atoms with Crippen LogP contribution in [0.2, 0.25) is 0 Å². The minimum absolute atomic E-state index is 0.162. The molecule has 2 nitrogen and oxygen atoms in total. The number of hydrogen-bond acceptors (Lipinski definition) is 3. The molecule has 0 amide bonds. The molecule has 0 spiro atoms. The number of thiophene rings is 1. The van der Waals surface area contributed by atoms with Crippen molar-refractivity contribution in [1.82, 2.24) is 5.32 Å². The van der Waals surface area contributed by atoms with Gasteiger partial charge in [0.25, 0.3) is 0 Å². The molecule has 1 atom stereocenters. The van der Waals surface area contributed by atoms with Crippen molar-refractivity contribution < 1.29 is 0 Å². The predicted octanol–water partition coefficient (Wildman–Crippen LogP) is 3.29. The first-order valence-electron chi connectivity index (χ1n) is 6.63. The summed E-state index contributed by atoms with van der Waals surface area (Å²) in [6.07, 6.45) is 3.82. The van der Waals surface area contributed by atoms with Crippen molar-refractivity contribution in [3.05, 3.63) is 35.2 Å². The van der Waals surface area contributed by atoms with Crippen LogP contribution in [0.15, 0.2) is 29.6 Å². The summed E-state index contributed by atoms with van der Waals surface area (Å²) in [5.74, 6) is 0. The van der Waals surface area contributed by atoms with Crippen molar-refractivity contribution in [3.8, 4) is 0 Å². The van der Waals surface area contributed by atoms with E-state index in [1.165, 1.54) is 34.9 Å². The quantitative estimate of drug-likeness (QED) is 0.885. The molecule has 96 valence electrons. The zero-order valence-electron chi connectivity index (χ0n) is 10.8. The van der Waals surface area contributed by atoms with Crippen LogP contribution < -0.4 is 11.1 Å². The van der Waals surface area contributed by atoms with E-state index in [4.69, 9.17) is 5.73 Å². The van der Waals surface area contributed by atoms with Crippen molar-refractivity contribution >= 4 is 21.4 Å². The SMILES string of the molecule is CNCC1(C(N)c2csc3ccccc23)CCC1. The zero-order valence-corrected chi connectivity index (χ0v) is 11.6. The van der Waals surface area contributed by atoms with Crippen molar-refractivity contribution in [1.29, 1.82) is 0 Å². The summed E-state index contributed by atoms with van der Waals surface area (Å²) in [6, 6.07) is 8.75. The minimum Gasteiger partial charge on any atom is -0.323 e. The van der Waals surface area contributed by atoms with E-state index >= 15 is 0 Å². The van der Waals surface area contributed by atoms with Gasteiger partial charge in [0.05, 0.1) is 0 Å². The van der Waals surface area contributed by atoms with Gasteiger partial charge in [-0.25, -0.2) is 0 Å². The van der Waals surface area contributed by atoms with Crippen molar-refractivity contribution in [2.45, 2.75) is 25.3 Å². The molecule has 0 bridgehead atoms. The highest BCUT2D eigenvalue weighted by Gasteiger charge is 2.43. The van der Waals surface area contributed by atoms with Crippen LogP contribution in [-0.2, 0) is 0 Å². The first-order valence-corrected chi connectivity index (χ1v) is 7.51. The number of nitrogens with two attached hydrogens (primary N) is 1. The Morgan fingerprint density at radius 1 is 1.39 bits per heavy atom. The van der Waals surface area contributed by atoms with Gasteiger partial charge in [0.2, 0.25) is 0 Å². The molecular formula is C15H20N2S. The third kappa shape index (κ3) is 1.78. The second kappa shape index (κ2) is 4.65. The lowest BCUT2D eigenvalue weighted by Crippen LogP contribution is -2.46. The Morgan fingerprint density at radius 2 is 2.17 bits per heavy atom. The van der Waals surface area contributed by atoms with Gasteiger partial charge in [-0.1, -0.05) is 24.6 Å². The van der Waals surface area contributed by atoms with Crippen LogP contribution in [0, 0.1) is 5.41 Å². The van der Waals surface area contributed by atoms with E-state index in [-0.39, 0.29) is 11.5 Å². The van der Waals surface area contributed by atoms with E-state index in [2.05, 4.69) is 35.0 Å². The normalized spacial score (nSPS) is 19.7. The number of hydrogen-bond donors (Lipinski definition) is 2. The lowest BCUT2D eigenvalue weighted by atomic mass is 9.62. The fourth-order valence-electron chi connectivity index (χ4n) is 3.15. The van der Waals surface area contributed by atoms with E-state index in [1.54, 1.807) is 0 Å². The lowest BCUT2D eigenvalue weighted by molar-refractivity contribution is 0.0955. The van der Waals surface area contributed by atoms with Crippen molar-refractivity contribution in [3.63, 3.8) is 0 Å². The van der Waals surface area contributed by atoms with Gasteiger partial charge >= 0.3 is 0 Å². The first-order chi connectivity index (χ1) is 8.77. The highest BCUT2D eigenvalue weighted by atomic mass is 32.1.